The van der Waals surface area contributed by atoms with Gasteiger partial charge in [-0.2, -0.15) is 0 Å². The van der Waals surface area contributed by atoms with E-state index < -0.39 is 11.4 Å². The number of hydrogen-bond donors (Lipinski definition) is 1. The molecule has 2 heterocycles. The van der Waals surface area contributed by atoms with Gasteiger partial charge in [0.15, 0.2) is 5.76 Å². The average molecular weight is 252 g/mol. The van der Waals surface area contributed by atoms with E-state index in [0.29, 0.717) is 19.5 Å². The summed E-state index contributed by atoms with van der Waals surface area (Å²) in [5, 5.41) is 13.3. The van der Waals surface area contributed by atoms with E-state index in [1.165, 1.54) is 0 Å². The van der Waals surface area contributed by atoms with Crippen LogP contribution in [0.5, 0.6) is 0 Å². The number of aryl methyl sites for hydroxylation is 1. The summed E-state index contributed by atoms with van der Waals surface area (Å²) in [4.78, 5) is 13.6. The van der Waals surface area contributed by atoms with Crippen molar-refractivity contribution >= 4 is 5.97 Å². The minimum atomic E-state index is -0.686. The van der Waals surface area contributed by atoms with Crippen LogP contribution >= 0.6 is 0 Å². The van der Waals surface area contributed by atoms with Crippen LogP contribution in [0.1, 0.15) is 31.7 Å². The van der Waals surface area contributed by atoms with Crippen molar-refractivity contribution in [3.8, 4) is 0 Å². The molecule has 0 bridgehead atoms. The van der Waals surface area contributed by atoms with Gasteiger partial charge in [-0.1, -0.05) is 19.0 Å². The average Bonchev–Trinajstić information content (AvgIpc) is 2.86. The molecular weight excluding hydrogens is 232 g/mol. The monoisotopic (exact) mass is 252 g/mol. The lowest BCUT2D eigenvalue weighted by Gasteiger charge is -2.28. The van der Waals surface area contributed by atoms with Crippen LogP contribution in [0.2, 0.25) is 0 Å². The number of aromatic nitrogens is 1. The number of aliphatic carboxylic acids is 1. The van der Waals surface area contributed by atoms with Gasteiger partial charge in [-0.3, -0.25) is 9.69 Å². The topological polar surface area (TPSA) is 66.6 Å². The number of likely N-dealkylation sites (tertiary alicyclic amines) is 1. The zero-order valence-corrected chi connectivity index (χ0v) is 11.1. The second-order valence-electron chi connectivity index (χ2n) is 5.51. The van der Waals surface area contributed by atoms with Gasteiger partial charge in [0.05, 0.1) is 17.7 Å². The number of rotatable bonds is 4. The smallest absolute Gasteiger partial charge is 0.311 e. The van der Waals surface area contributed by atoms with Crippen LogP contribution in [-0.4, -0.2) is 34.2 Å². The second-order valence-corrected chi connectivity index (χ2v) is 5.51. The minimum absolute atomic E-state index is 0.136. The van der Waals surface area contributed by atoms with Crippen molar-refractivity contribution in [3.63, 3.8) is 0 Å². The lowest BCUT2D eigenvalue weighted by molar-refractivity contribution is -0.151. The third-order valence-electron chi connectivity index (χ3n) is 3.97. The van der Waals surface area contributed by atoms with Gasteiger partial charge < -0.3 is 9.63 Å². The summed E-state index contributed by atoms with van der Waals surface area (Å²) in [6, 6.07) is 1.90. The fourth-order valence-electron chi connectivity index (χ4n) is 2.65. The van der Waals surface area contributed by atoms with E-state index in [0.717, 1.165) is 18.0 Å². The van der Waals surface area contributed by atoms with Crippen molar-refractivity contribution in [1.82, 2.24) is 10.1 Å². The van der Waals surface area contributed by atoms with Gasteiger partial charge in [0.25, 0.3) is 0 Å². The Bertz CT molecular complexity index is 441. The molecule has 5 nitrogen and oxygen atoms in total. The molecule has 1 aromatic rings. The second kappa shape index (κ2) is 4.72. The summed E-state index contributed by atoms with van der Waals surface area (Å²) in [6.07, 6.45) is 0.702. The van der Waals surface area contributed by atoms with Gasteiger partial charge in [-0.05, 0) is 25.8 Å². The van der Waals surface area contributed by atoms with Crippen LogP contribution in [0.25, 0.3) is 0 Å². The SMILES string of the molecule is Cc1cc(CN2CCC(C(=O)O)(C(C)C)C2)on1. The minimum Gasteiger partial charge on any atom is -0.481 e. The molecule has 1 saturated heterocycles. The maximum absolute atomic E-state index is 11.5. The van der Waals surface area contributed by atoms with E-state index in [1.54, 1.807) is 0 Å². The van der Waals surface area contributed by atoms with Crippen molar-refractivity contribution < 1.29 is 14.4 Å². The summed E-state index contributed by atoms with van der Waals surface area (Å²) in [5.41, 5.74) is 0.243. The molecule has 18 heavy (non-hydrogen) atoms. The number of carbonyl (C=O) groups is 1. The van der Waals surface area contributed by atoms with Crippen LogP contribution in [0, 0.1) is 18.3 Å². The number of nitrogens with zero attached hydrogens (tertiary/aromatic N) is 2. The van der Waals surface area contributed by atoms with Gasteiger partial charge >= 0.3 is 5.97 Å². The molecule has 0 amide bonds. The summed E-state index contributed by atoms with van der Waals surface area (Å²) >= 11 is 0. The Balaban J connectivity index is 2.05. The van der Waals surface area contributed by atoms with E-state index in [-0.39, 0.29) is 5.92 Å². The van der Waals surface area contributed by atoms with E-state index >= 15 is 0 Å². The molecular formula is C13H20N2O3. The van der Waals surface area contributed by atoms with Gasteiger partial charge in [0, 0.05) is 12.6 Å². The van der Waals surface area contributed by atoms with Crippen molar-refractivity contribution in [3.05, 3.63) is 17.5 Å². The molecule has 2 rings (SSSR count). The zero-order chi connectivity index (χ0) is 13.3. The normalized spacial score (nSPS) is 24.9. The highest BCUT2D eigenvalue weighted by molar-refractivity contribution is 5.75. The lowest BCUT2D eigenvalue weighted by atomic mass is 9.76. The lowest BCUT2D eigenvalue weighted by Crippen LogP contribution is -2.39. The largest absolute Gasteiger partial charge is 0.481 e. The van der Waals surface area contributed by atoms with Gasteiger partial charge in [0.1, 0.15) is 0 Å². The predicted octanol–water partition coefficient (Wildman–Crippen LogP) is 1.92. The first kappa shape index (κ1) is 13.1. The fraction of sp³-hybridized carbons (Fsp3) is 0.692. The summed E-state index contributed by atoms with van der Waals surface area (Å²) in [6.45, 7) is 7.87. The fourth-order valence-corrected chi connectivity index (χ4v) is 2.65. The Morgan fingerprint density at radius 3 is 2.83 bits per heavy atom. The third kappa shape index (κ3) is 2.27. The Hall–Kier alpha value is -1.36. The number of hydrogen-bond acceptors (Lipinski definition) is 4. The van der Waals surface area contributed by atoms with Crippen molar-refractivity contribution in [2.45, 2.75) is 33.7 Å². The number of carboxylic acid groups (broad SMARTS) is 1. The van der Waals surface area contributed by atoms with Crippen LogP contribution in [0.4, 0.5) is 0 Å². The first-order valence-corrected chi connectivity index (χ1v) is 6.32. The predicted molar refractivity (Wildman–Crippen MR) is 66.0 cm³/mol. The quantitative estimate of drug-likeness (QED) is 0.886. The van der Waals surface area contributed by atoms with Gasteiger partial charge in [0.2, 0.25) is 0 Å². The molecule has 0 aromatic carbocycles. The molecule has 0 spiro atoms. The molecule has 100 valence electrons. The van der Waals surface area contributed by atoms with Crippen molar-refractivity contribution in [1.29, 1.82) is 0 Å². The Morgan fingerprint density at radius 2 is 2.39 bits per heavy atom. The highest BCUT2D eigenvalue weighted by Crippen LogP contribution is 2.38. The molecule has 1 aliphatic rings. The van der Waals surface area contributed by atoms with Crippen LogP contribution in [-0.2, 0) is 11.3 Å². The van der Waals surface area contributed by atoms with E-state index in [2.05, 4.69) is 10.1 Å². The molecule has 0 saturated carbocycles. The molecule has 0 radical (unpaired) electrons. The van der Waals surface area contributed by atoms with E-state index in [1.807, 2.05) is 26.8 Å². The van der Waals surface area contributed by atoms with E-state index in [9.17, 15) is 9.90 Å². The molecule has 1 unspecified atom stereocenters. The van der Waals surface area contributed by atoms with Crippen molar-refractivity contribution in [2.75, 3.05) is 13.1 Å². The molecule has 5 heteroatoms. The van der Waals surface area contributed by atoms with E-state index in [4.69, 9.17) is 4.52 Å². The Kier molecular flexibility index (Phi) is 3.43. The van der Waals surface area contributed by atoms with Crippen molar-refractivity contribution in [2.24, 2.45) is 11.3 Å². The maximum atomic E-state index is 11.5. The molecule has 1 atom stereocenters. The Labute approximate surface area is 107 Å². The highest BCUT2D eigenvalue weighted by atomic mass is 16.5. The summed E-state index contributed by atoms with van der Waals surface area (Å²) in [7, 11) is 0. The van der Waals surface area contributed by atoms with Crippen LogP contribution in [0.3, 0.4) is 0 Å². The highest BCUT2D eigenvalue weighted by Gasteiger charge is 2.47. The third-order valence-corrected chi connectivity index (χ3v) is 3.97. The molecule has 1 fully saturated rings. The first-order valence-electron chi connectivity index (χ1n) is 6.32. The van der Waals surface area contributed by atoms with Gasteiger partial charge in [-0.15, -0.1) is 0 Å². The summed E-state index contributed by atoms with van der Waals surface area (Å²) in [5.74, 6) is 0.252. The van der Waals surface area contributed by atoms with Crippen LogP contribution < -0.4 is 0 Å². The van der Waals surface area contributed by atoms with Crippen LogP contribution in [0.15, 0.2) is 10.6 Å². The Morgan fingerprint density at radius 1 is 1.67 bits per heavy atom. The standard InChI is InChI=1S/C13H20N2O3/c1-9(2)13(12(16)17)4-5-15(8-13)7-11-6-10(3)14-18-11/h6,9H,4-5,7-8H2,1-3H3,(H,16,17). The van der Waals surface area contributed by atoms with Gasteiger partial charge in [-0.25, -0.2) is 0 Å². The maximum Gasteiger partial charge on any atom is 0.311 e. The zero-order valence-electron chi connectivity index (χ0n) is 11.1. The number of carboxylic acids is 1. The molecule has 1 aliphatic heterocycles. The molecule has 0 aliphatic carbocycles. The first-order chi connectivity index (χ1) is 8.44. The summed E-state index contributed by atoms with van der Waals surface area (Å²) < 4.78 is 5.18. The molecule has 1 N–H and O–H groups in total. The molecule has 1 aromatic heterocycles.